The number of rotatable bonds is 7. The van der Waals surface area contributed by atoms with Crippen LogP contribution in [0.15, 0.2) is 70.8 Å². The minimum absolute atomic E-state index is 0.185. The van der Waals surface area contributed by atoms with Crippen LogP contribution in [0, 0.1) is 6.92 Å². The third kappa shape index (κ3) is 5.26. The fourth-order valence-electron chi connectivity index (χ4n) is 3.45. The molecule has 1 heterocycles. The van der Waals surface area contributed by atoms with Crippen LogP contribution in [0.1, 0.15) is 22.3 Å². The van der Waals surface area contributed by atoms with Crippen molar-refractivity contribution < 1.29 is 19.1 Å². The molecule has 174 valence electrons. The van der Waals surface area contributed by atoms with Gasteiger partial charge in [-0.05, 0) is 42.3 Å². The molecule has 1 saturated heterocycles. The van der Waals surface area contributed by atoms with Crippen molar-refractivity contribution in [1.82, 2.24) is 10.2 Å². The van der Waals surface area contributed by atoms with Gasteiger partial charge in [-0.15, -0.1) is 0 Å². The van der Waals surface area contributed by atoms with Gasteiger partial charge in [0.1, 0.15) is 12.3 Å². The second-order valence-corrected chi connectivity index (χ2v) is 9.03. The lowest BCUT2D eigenvalue weighted by Crippen LogP contribution is -2.30. The molecule has 0 spiro atoms. The Kier molecular flexibility index (Phi) is 7.24. The second kappa shape index (κ2) is 10.3. The van der Waals surface area contributed by atoms with Crippen LogP contribution in [0.25, 0.3) is 6.08 Å². The maximum Gasteiger partial charge on any atom is 0.329 e. The van der Waals surface area contributed by atoms with Gasteiger partial charge in [-0.3, -0.25) is 9.69 Å². The SMILES string of the molecule is COc1cc(/C=C2/NC(=O)N(Cc3ccc(C)cc3)C2=O)c(Br)cc1OCc1ccccc1Cl. The van der Waals surface area contributed by atoms with Crippen LogP contribution in [-0.4, -0.2) is 23.9 Å². The highest BCUT2D eigenvalue weighted by molar-refractivity contribution is 9.10. The molecule has 1 N–H and O–H groups in total. The molecule has 0 aromatic heterocycles. The summed E-state index contributed by atoms with van der Waals surface area (Å²) in [6, 6.07) is 18.2. The Labute approximate surface area is 211 Å². The van der Waals surface area contributed by atoms with E-state index in [9.17, 15) is 9.59 Å². The summed E-state index contributed by atoms with van der Waals surface area (Å²) in [5.74, 6) is 0.602. The molecule has 1 aliphatic rings. The standard InChI is InChI=1S/C26H22BrClN2O4/c1-16-7-9-17(10-8-16)14-30-25(31)22(29-26(30)32)11-19-12-23(33-2)24(13-20(19)27)34-15-18-5-3-4-6-21(18)28/h3-13H,14-15H2,1-2H3,(H,29,32)/b22-11+. The largest absolute Gasteiger partial charge is 0.493 e. The van der Waals surface area contributed by atoms with Crippen LogP contribution >= 0.6 is 27.5 Å². The molecule has 3 amide bonds. The zero-order valence-electron chi connectivity index (χ0n) is 18.6. The monoisotopic (exact) mass is 540 g/mol. The smallest absolute Gasteiger partial charge is 0.329 e. The number of halogens is 2. The average molecular weight is 542 g/mol. The Morgan fingerprint density at radius 3 is 2.50 bits per heavy atom. The van der Waals surface area contributed by atoms with Gasteiger partial charge in [0.15, 0.2) is 11.5 Å². The number of hydrogen-bond acceptors (Lipinski definition) is 4. The predicted molar refractivity (Wildman–Crippen MR) is 135 cm³/mol. The first-order chi connectivity index (χ1) is 16.4. The van der Waals surface area contributed by atoms with E-state index in [4.69, 9.17) is 21.1 Å². The fraction of sp³-hybridized carbons (Fsp3) is 0.154. The van der Waals surface area contributed by atoms with Crippen LogP contribution in [0.5, 0.6) is 11.5 Å². The van der Waals surface area contributed by atoms with Gasteiger partial charge in [-0.1, -0.05) is 75.6 Å². The number of carbonyl (C=O) groups is 2. The summed E-state index contributed by atoms with van der Waals surface area (Å²) >= 11 is 9.74. The zero-order valence-corrected chi connectivity index (χ0v) is 20.9. The molecule has 0 saturated carbocycles. The van der Waals surface area contributed by atoms with E-state index < -0.39 is 11.9 Å². The van der Waals surface area contributed by atoms with Gasteiger partial charge in [0.25, 0.3) is 5.91 Å². The average Bonchev–Trinajstić information content (AvgIpc) is 3.08. The van der Waals surface area contributed by atoms with Gasteiger partial charge in [0.2, 0.25) is 0 Å². The van der Waals surface area contributed by atoms with E-state index in [1.54, 1.807) is 24.3 Å². The number of ether oxygens (including phenoxy) is 2. The Morgan fingerprint density at radius 2 is 1.79 bits per heavy atom. The molecule has 34 heavy (non-hydrogen) atoms. The summed E-state index contributed by atoms with van der Waals surface area (Å²) in [5.41, 5.74) is 3.67. The van der Waals surface area contributed by atoms with Crippen LogP contribution in [-0.2, 0) is 17.9 Å². The molecule has 3 aromatic rings. The number of methoxy groups -OCH3 is 1. The molecule has 0 radical (unpaired) electrons. The minimum Gasteiger partial charge on any atom is -0.493 e. The van der Waals surface area contributed by atoms with Crippen molar-refractivity contribution in [2.45, 2.75) is 20.1 Å². The Bertz CT molecular complexity index is 1270. The lowest BCUT2D eigenvalue weighted by Gasteiger charge is -2.14. The third-order valence-electron chi connectivity index (χ3n) is 5.35. The molecule has 0 unspecified atom stereocenters. The van der Waals surface area contributed by atoms with Gasteiger partial charge in [0, 0.05) is 15.1 Å². The first-order valence-corrected chi connectivity index (χ1v) is 11.7. The minimum atomic E-state index is -0.459. The summed E-state index contributed by atoms with van der Waals surface area (Å²) in [6.45, 7) is 2.45. The third-order valence-corrected chi connectivity index (χ3v) is 6.40. The van der Waals surface area contributed by atoms with Crippen molar-refractivity contribution in [1.29, 1.82) is 0 Å². The first-order valence-electron chi connectivity index (χ1n) is 10.5. The van der Waals surface area contributed by atoms with E-state index in [-0.39, 0.29) is 18.8 Å². The molecule has 3 aromatic carbocycles. The molecule has 0 bridgehead atoms. The molecule has 4 rings (SSSR count). The van der Waals surface area contributed by atoms with E-state index in [2.05, 4.69) is 21.2 Å². The topological polar surface area (TPSA) is 67.9 Å². The van der Waals surface area contributed by atoms with Gasteiger partial charge < -0.3 is 14.8 Å². The summed E-state index contributed by atoms with van der Waals surface area (Å²) in [6.07, 6.45) is 1.61. The van der Waals surface area contributed by atoms with Gasteiger partial charge in [-0.25, -0.2) is 4.79 Å². The number of hydrogen-bond donors (Lipinski definition) is 1. The lowest BCUT2D eigenvalue weighted by atomic mass is 10.1. The molecule has 0 atom stereocenters. The number of nitrogens with one attached hydrogen (secondary N) is 1. The van der Waals surface area contributed by atoms with Crippen LogP contribution < -0.4 is 14.8 Å². The number of amides is 3. The molecule has 1 fully saturated rings. The van der Waals surface area contributed by atoms with Crippen molar-refractivity contribution in [3.63, 3.8) is 0 Å². The van der Waals surface area contributed by atoms with Crippen molar-refractivity contribution in [3.8, 4) is 11.5 Å². The van der Waals surface area contributed by atoms with Crippen molar-refractivity contribution in [2.24, 2.45) is 0 Å². The van der Waals surface area contributed by atoms with Gasteiger partial charge in [0.05, 0.1) is 13.7 Å². The van der Waals surface area contributed by atoms with Crippen molar-refractivity contribution in [2.75, 3.05) is 7.11 Å². The molecule has 1 aliphatic heterocycles. The Morgan fingerprint density at radius 1 is 1.06 bits per heavy atom. The number of carbonyl (C=O) groups excluding carboxylic acids is 2. The summed E-state index contributed by atoms with van der Waals surface area (Å²) in [5, 5.41) is 3.28. The van der Waals surface area contributed by atoms with Gasteiger partial charge >= 0.3 is 6.03 Å². The van der Waals surface area contributed by atoms with E-state index in [0.29, 0.717) is 26.6 Å². The highest BCUT2D eigenvalue weighted by Crippen LogP contribution is 2.35. The summed E-state index contributed by atoms with van der Waals surface area (Å²) in [4.78, 5) is 26.5. The highest BCUT2D eigenvalue weighted by atomic mass is 79.9. The van der Waals surface area contributed by atoms with E-state index in [1.165, 1.54) is 12.0 Å². The van der Waals surface area contributed by atoms with E-state index >= 15 is 0 Å². The predicted octanol–water partition coefficient (Wildman–Crippen LogP) is 6.09. The maximum absolute atomic E-state index is 12.9. The lowest BCUT2D eigenvalue weighted by molar-refractivity contribution is -0.123. The maximum atomic E-state index is 12.9. The number of nitrogens with zero attached hydrogens (tertiary/aromatic N) is 1. The van der Waals surface area contributed by atoms with E-state index in [1.807, 2.05) is 49.4 Å². The van der Waals surface area contributed by atoms with Crippen LogP contribution in [0.3, 0.4) is 0 Å². The number of urea groups is 1. The first kappa shape index (κ1) is 23.9. The highest BCUT2D eigenvalue weighted by Gasteiger charge is 2.33. The number of benzene rings is 3. The quantitative estimate of drug-likeness (QED) is 0.290. The Balaban J connectivity index is 1.54. The molecular weight excluding hydrogens is 520 g/mol. The Hall–Kier alpha value is -3.29. The van der Waals surface area contributed by atoms with Gasteiger partial charge in [-0.2, -0.15) is 0 Å². The van der Waals surface area contributed by atoms with Crippen molar-refractivity contribution >= 4 is 45.5 Å². The van der Waals surface area contributed by atoms with Crippen LogP contribution in [0.2, 0.25) is 5.02 Å². The zero-order chi connectivity index (χ0) is 24.2. The molecule has 6 nitrogen and oxygen atoms in total. The summed E-state index contributed by atoms with van der Waals surface area (Å²) < 4.78 is 12.1. The fourth-order valence-corrected chi connectivity index (χ4v) is 4.08. The van der Waals surface area contributed by atoms with Crippen LogP contribution in [0.4, 0.5) is 4.79 Å². The van der Waals surface area contributed by atoms with E-state index in [0.717, 1.165) is 16.7 Å². The number of aryl methyl sites for hydroxylation is 1. The van der Waals surface area contributed by atoms with Crippen molar-refractivity contribution in [3.05, 3.63) is 98.1 Å². The molecule has 8 heteroatoms. The normalized spacial score (nSPS) is 14.5. The molecular formula is C26H22BrClN2O4. The number of imide groups is 1. The molecule has 0 aliphatic carbocycles. The summed E-state index contributed by atoms with van der Waals surface area (Å²) in [7, 11) is 1.54. The second-order valence-electron chi connectivity index (χ2n) is 7.77.